The van der Waals surface area contributed by atoms with Crippen LogP contribution in [-0.4, -0.2) is 17.1 Å². The quantitative estimate of drug-likeness (QED) is 0.908. The third-order valence-corrected chi connectivity index (χ3v) is 2.77. The van der Waals surface area contributed by atoms with Crippen molar-refractivity contribution in [1.82, 2.24) is 9.97 Å². The number of rotatable bonds is 3. The number of hydrogen-bond acceptors (Lipinski definition) is 3. The van der Waals surface area contributed by atoms with Gasteiger partial charge in [0.05, 0.1) is 25.5 Å². The number of hydrogen-bond donors (Lipinski definition) is 2. The number of nitrogens with zero attached hydrogens (tertiary/aromatic N) is 1. The van der Waals surface area contributed by atoms with Crippen molar-refractivity contribution in [2.45, 2.75) is 6.54 Å². The van der Waals surface area contributed by atoms with E-state index in [1.807, 2.05) is 18.2 Å². The zero-order chi connectivity index (χ0) is 11.5. The fraction of sp³-hybridized carbons (Fsp3) is 0.182. The van der Waals surface area contributed by atoms with E-state index in [2.05, 4.69) is 25.9 Å². The van der Waals surface area contributed by atoms with E-state index in [0.717, 1.165) is 27.3 Å². The molecule has 0 saturated carbocycles. The van der Waals surface area contributed by atoms with Crippen LogP contribution in [0, 0.1) is 0 Å². The number of imidazole rings is 1. The molecule has 0 aliphatic rings. The number of methoxy groups -OCH3 is 1. The highest BCUT2D eigenvalue weighted by Crippen LogP contribution is 2.31. The highest BCUT2D eigenvalue weighted by Gasteiger charge is 2.08. The van der Waals surface area contributed by atoms with E-state index < -0.39 is 0 Å². The van der Waals surface area contributed by atoms with Gasteiger partial charge in [0.25, 0.3) is 0 Å². The van der Waals surface area contributed by atoms with Gasteiger partial charge in [0, 0.05) is 10.0 Å². The minimum atomic E-state index is 0.399. The summed E-state index contributed by atoms with van der Waals surface area (Å²) in [6.45, 7) is 0.399. The van der Waals surface area contributed by atoms with Gasteiger partial charge in [-0.3, -0.25) is 0 Å². The Morgan fingerprint density at radius 2 is 2.31 bits per heavy atom. The monoisotopic (exact) mass is 281 g/mol. The van der Waals surface area contributed by atoms with Crippen LogP contribution in [0.2, 0.25) is 0 Å². The number of halogens is 1. The predicted molar refractivity (Wildman–Crippen MR) is 66.2 cm³/mol. The van der Waals surface area contributed by atoms with E-state index in [0.29, 0.717) is 6.54 Å². The molecule has 84 valence electrons. The van der Waals surface area contributed by atoms with Gasteiger partial charge in [-0.2, -0.15) is 0 Å². The maximum absolute atomic E-state index is 5.51. The molecule has 4 nitrogen and oxygen atoms in total. The van der Waals surface area contributed by atoms with Gasteiger partial charge in [-0.1, -0.05) is 15.9 Å². The lowest BCUT2D eigenvalue weighted by Crippen LogP contribution is -1.97. The molecule has 0 aliphatic heterocycles. The highest BCUT2D eigenvalue weighted by atomic mass is 79.9. The first-order valence-electron chi connectivity index (χ1n) is 4.82. The molecule has 16 heavy (non-hydrogen) atoms. The third-order valence-electron chi connectivity index (χ3n) is 2.27. The van der Waals surface area contributed by atoms with Crippen molar-refractivity contribution in [3.63, 3.8) is 0 Å². The number of ether oxygens (including phenoxy) is 1. The number of aromatic nitrogens is 2. The van der Waals surface area contributed by atoms with Crippen molar-refractivity contribution in [2.75, 3.05) is 7.11 Å². The van der Waals surface area contributed by atoms with Gasteiger partial charge in [0.1, 0.15) is 11.6 Å². The molecule has 2 rings (SSSR count). The lowest BCUT2D eigenvalue weighted by molar-refractivity contribution is 0.416. The Morgan fingerprint density at radius 1 is 1.50 bits per heavy atom. The van der Waals surface area contributed by atoms with Crippen LogP contribution >= 0.6 is 15.9 Å². The van der Waals surface area contributed by atoms with Gasteiger partial charge in [-0.25, -0.2) is 4.98 Å². The Labute approximate surface area is 102 Å². The molecule has 1 aromatic carbocycles. The molecule has 0 radical (unpaired) electrons. The number of H-pyrrole nitrogens is 1. The van der Waals surface area contributed by atoms with Crippen LogP contribution in [0.25, 0.3) is 11.3 Å². The minimum absolute atomic E-state index is 0.399. The molecule has 0 fully saturated rings. The van der Waals surface area contributed by atoms with Crippen molar-refractivity contribution in [1.29, 1.82) is 0 Å². The molecule has 1 aromatic heterocycles. The number of aromatic amines is 1. The lowest BCUT2D eigenvalue weighted by atomic mass is 10.1. The van der Waals surface area contributed by atoms with Crippen molar-refractivity contribution >= 4 is 15.9 Å². The van der Waals surface area contributed by atoms with Gasteiger partial charge < -0.3 is 15.5 Å². The first kappa shape index (κ1) is 11.2. The topological polar surface area (TPSA) is 63.9 Å². The van der Waals surface area contributed by atoms with Crippen LogP contribution in [0.3, 0.4) is 0 Å². The second-order valence-electron chi connectivity index (χ2n) is 3.29. The average molecular weight is 282 g/mol. The Balaban J connectivity index is 2.49. The van der Waals surface area contributed by atoms with Gasteiger partial charge in [-0.05, 0) is 18.2 Å². The zero-order valence-corrected chi connectivity index (χ0v) is 10.4. The smallest absolute Gasteiger partial charge is 0.128 e. The summed E-state index contributed by atoms with van der Waals surface area (Å²) in [7, 11) is 1.65. The van der Waals surface area contributed by atoms with Crippen molar-refractivity contribution in [2.24, 2.45) is 5.73 Å². The Hall–Kier alpha value is -1.33. The highest BCUT2D eigenvalue weighted by molar-refractivity contribution is 9.10. The summed E-state index contributed by atoms with van der Waals surface area (Å²) in [5.74, 6) is 1.56. The fourth-order valence-corrected chi connectivity index (χ4v) is 1.85. The summed E-state index contributed by atoms with van der Waals surface area (Å²) >= 11 is 3.43. The molecule has 5 heteroatoms. The summed E-state index contributed by atoms with van der Waals surface area (Å²) in [4.78, 5) is 7.31. The molecule has 0 unspecified atom stereocenters. The molecule has 0 spiro atoms. The molecule has 0 saturated heterocycles. The maximum atomic E-state index is 5.51. The first-order valence-corrected chi connectivity index (χ1v) is 5.61. The third kappa shape index (κ3) is 2.10. The standard InChI is InChI=1S/C11H12BrN3O/c1-16-10-3-2-7(12)4-8(10)9-6-14-11(5-13)15-9/h2-4,6H,5,13H2,1H3,(H,14,15). The summed E-state index contributed by atoms with van der Waals surface area (Å²) in [6, 6.07) is 5.82. The fourth-order valence-electron chi connectivity index (χ4n) is 1.49. The van der Waals surface area contributed by atoms with E-state index in [1.54, 1.807) is 13.3 Å². The molecule has 2 aromatic rings. The number of benzene rings is 1. The lowest BCUT2D eigenvalue weighted by Gasteiger charge is -2.06. The summed E-state index contributed by atoms with van der Waals surface area (Å²) in [5.41, 5.74) is 7.37. The second-order valence-corrected chi connectivity index (χ2v) is 4.21. The van der Waals surface area contributed by atoms with Crippen LogP contribution in [0.5, 0.6) is 5.75 Å². The molecule has 0 aliphatic carbocycles. The van der Waals surface area contributed by atoms with Crippen molar-refractivity contribution in [3.05, 3.63) is 34.7 Å². The van der Waals surface area contributed by atoms with Gasteiger partial charge in [0.15, 0.2) is 0 Å². The predicted octanol–water partition coefficient (Wildman–Crippen LogP) is 2.31. The van der Waals surface area contributed by atoms with E-state index >= 15 is 0 Å². The van der Waals surface area contributed by atoms with Crippen LogP contribution < -0.4 is 10.5 Å². The van der Waals surface area contributed by atoms with Crippen LogP contribution in [0.4, 0.5) is 0 Å². The van der Waals surface area contributed by atoms with E-state index in [1.165, 1.54) is 0 Å². The van der Waals surface area contributed by atoms with Gasteiger partial charge in [0.2, 0.25) is 0 Å². The van der Waals surface area contributed by atoms with Crippen LogP contribution in [0.15, 0.2) is 28.9 Å². The SMILES string of the molecule is COc1ccc(Br)cc1-c1cnc(CN)[nH]1. The van der Waals surface area contributed by atoms with E-state index in [-0.39, 0.29) is 0 Å². The Kier molecular flexibility index (Phi) is 3.26. The van der Waals surface area contributed by atoms with Crippen molar-refractivity contribution in [3.8, 4) is 17.0 Å². The van der Waals surface area contributed by atoms with Crippen molar-refractivity contribution < 1.29 is 4.74 Å². The maximum Gasteiger partial charge on any atom is 0.128 e. The molecule has 0 bridgehead atoms. The minimum Gasteiger partial charge on any atom is -0.496 e. The normalized spacial score (nSPS) is 10.4. The van der Waals surface area contributed by atoms with Crippen LogP contribution in [-0.2, 0) is 6.54 Å². The number of nitrogens with one attached hydrogen (secondary N) is 1. The largest absolute Gasteiger partial charge is 0.496 e. The second kappa shape index (κ2) is 4.67. The van der Waals surface area contributed by atoms with E-state index in [9.17, 15) is 0 Å². The summed E-state index contributed by atoms with van der Waals surface area (Å²) in [5, 5.41) is 0. The Morgan fingerprint density at radius 3 is 2.94 bits per heavy atom. The summed E-state index contributed by atoms with van der Waals surface area (Å²) < 4.78 is 6.29. The summed E-state index contributed by atoms with van der Waals surface area (Å²) in [6.07, 6.45) is 1.76. The molecule has 0 atom stereocenters. The average Bonchev–Trinajstić information content (AvgIpc) is 2.77. The first-order chi connectivity index (χ1) is 7.74. The van der Waals surface area contributed by atoms with Gasteiger partial charge in [-0.15, -0.1) is 0 Å². The van der Waals surface area contributed by atoms with Crippen LogP contribution in [0.1, 0.15) is 5.82 Å². The zero-order valence-electron chi connectivity index (χ0n) is 8.83. The van der Waals surface area contributed by atoms with Gasteiger partial charge >= 0.3 is 0 Å². The Bertz CT molecular complexity index is 496. The number of nitrogens with two attached hydrogens (primary N) is 1. The molecular formula is C11H12BrN3O. The molecular weight excluding hydrogens is 270 g/mol. The molecule has 0 amide bonds. The molecule has 3 N–H and O–H groups in total. The van der Waals surface area contributed by atoms with E-state index in [4.69, 9.17) is 10.5 Å². The molecule has 1 heterocycles.